The van der Waals surface area contributed by atoms with Crippen LogP contribution in [0.4, 0.5) is 0 Å². The molecule has 25 heavy (non-hydrogen) atoms. The maximum absolute atomic E-state index is 12.4. The van der Waals surface area contributed by atoms with E-state index in [0.29, 0.717) is 29.7 Å². The molecule has 7 heteroatoms. The van der Waals surface area contributed by atoms with Crippen LogP contribution in [0.25, 0.3) is 11.0 Å². The molecule has 1 amide bonds. The van der Waals surface area contributed by atoms with Crippen molar-refractivity contribution in [2.24, 2.45) is 0 Å². The number of benzene rings is 1. The lowest BCUT2D eigenvalue weighted by molar-refractivity contribution is -0.121. The largest absolute Gasteiger partial charge is 0.361 e. The van der Waals surface area contributed by atoms with Crippen LogP contribution >= 0.6 is 0 Å². The number of hydrogen-bond acceptors (Lipinski definition) is 5. The van der Waals surface area contributed by atoms with Gasteiger partial charge < -0.3 is 9.84 Å². The number of hydrogen-bond donors (Lipinski definition) is 1. The highest BCUT2D eigenvalue weighted by molar-refractivity contribution is 5.80. The van der Waals surface area contributed by atoms with Crippen molar-refractivity contribution < 1.29 is 9.32 Å². The van der Waals surface area contributed by atoms with Crippen molar-refractivity contribution in [1.29, 1.82) is 0 Å². The van der Waals surface area contributed by atoms with Gasteiger partial charge in [0.25, 0.3) is 5.56 Å². The first-order valence-electron chi connectivity index (χ1n) is 8.12. The summed E-state index contributed by atoms with van der Waals surface area (Å²) in [4.78, 5) is 28.9. The van der Waals surface area contributed by atoms with E-state index in [1.165, 1.54) is 4.57 Å². The lowest BCUT2D eigenvalue weighted by Gasteiger charge is -2.11. The van der Waals surface area contributed by atoms with Gasteiger partial charge in [-0.3, -0.25) is 14.2 Å². The first kappa shape index (κ1) is 16.9. The second-order valence-corrected chi connectivity index (χ2v) is 5.98. The Bertz CT molecular complexity index is 968. The zero-order chi connectivity index (χ0) is 18.0. The zero-order valence-electron chi connectivity index (χ0n) is 14.5. The van der Waals surface area contributed by atoms with Crippen LogP contribution in [0.15, 0.2) is 33.6 Å². The minimum absolute atomic E-state index is 0.0374. The smallest absolute Gasteiger partial charge is 0.272 e. The van der Waals surface area contributed by atoms with E-state index in [4.69, 9.17) is 4.52 Å². The molecular weight excluding hydrogens is 320 g/mol. The van der Waals surface area contributed by atoms with Gasteiger partial charge in [0, 0.05) is 12.1 Å². The third-order valence-electron chi connectivity index (χ3n) is 4.20. The quantitative estimate of drug-likeness (QED) is 0.763. The summed E-state index contributed by atoms with van der Waals surface area (Å²) < 4.78 is 6.57. The molecular formula is C18H20N4O3. The third-order valence-corrected chi connectivity index (χ3v) is 4.20. The Morgan fingerprint density at radius 2 is 1.96 bits per heavy atom. The summed E-state index contributed by atoms with van der Waals surface area (Å²) in [6.45, 7) is 5.80. The average molecular weight is 340 g/mol. The van der Waals surface area contributed by atoms with Crippen molar-refractivity contribution in [2.75, 3.05) is 6.54 Å². The molecule has 2 heterocycles. The first-order valence-corrected chi connectivity index (χ1v) is 8.12. The van der Waals surface area contributed by atoms with Gasteiger partial charge in [0.2, 0.25) is 5.91 Å². The van der Waals surface area contributed by atoms with E-state index in [1.54, 1.807) is 13.0 Å². The fraction of sp³-hybridized carbons (Fsp3) is 0.333. The molecule has 3 aromatic rings. The van der Waals surface area contributed by atoms with E-state index >= 15 is 0 Å². The van der Waals surface area contributed by atoms with Gasteiger partial charge in [0.15, 0.2) is 0 Å². The number of carbonyl (C=O) groups is 1. The van der Waals surface area contributed by atoms with Gasteiger partial charge in [-0.15, -0.1) is 0 Å². The van der Waals surface area contributed by atoms with Crippen molar-refractivity contribution in [3.63, 3.8) is 0 Å². The molecule has 0 unspecified atom stereocenters. The molecule has 7 nitrogen and oxygen atoms in total. The van der Waals surface area contributed by atoms with E-state index in [1.807, 2.05) is 32.0 Å². The number of nitrogens with one attached hydrogen (secondary N) is 1. The standard InChI is InChI=1S/C18H20N4O3/c1-11-14(13(3)25-21-11)8-9-19-17(23)10-22-16-7-5-4-6-15(16)20-12(2)18(22)24/h4-7H,8-10H2,1-3H3,(H,19,23). The molecule has 3 rings (SSSR count). The molecule has 0 saturated carbocycles. The van der Waals surface area contributed by atoms with Gasteiger partial charge in [-0.2, -0.15) is 0 Å². The molecule has 0 saturated heterocycles. The Labute approximate surface area is 144 Å². The van der Waals surface area contributed by atoms with Gasteiger partial charge in [0.1, 0.15) is 18.0 Å². The number of carbonyl (C=O) groups excluding carboxylic acids is 1. The van der Waals surface area contributed by atoms with E-state index in [9.17, 15) is 9.59 Å². The van der Waals surface area contributed by atoms with E-state index in [-0.39, 0.29) is 18.0 Å². The molecule has 0 fully saturated rings. The van der Waals surface area contributed by atoms with Gasteiger partial charge in [-0.1, -0.05) is 17.3 Å². The van der Waals surface area contributed by atoms with Gasteiger partial charge in [-0.05, 0) is 39.3 Å². The fourth-order valence-electron chi connectivity index (χ4n) is 2.86. The van der Waals surface area contributed by atoms with Crippen LogP contribution in [0.2, 0.25) is 0 Å². The van der Waals surface area contributed by atoms with Crippen LogP contribution in [-0.4, -0.2) is 27.2 Å². The molecule has 2 aromatic heterocycles. The van der Waals surface area contributed by atoms with Crippen molar-refractivity contribution >= 4 is 16.9 Å². The van der Waals surface area contributed by atoms with Crippen molar-refractivity contribution in [1.82, 2.24) is 20.0 Å². The Balaban J connectivity index is 1.72. The highest BCUT2D eigenvalue weighted by Crippen LogP contribution is 2.12. The van der Waals surface area contributed by atoms with Crippen LogP contribution in [0.3, 0.4) is 0 Å². The molecule has 0 aliphatic rings. The summed E-state index contributed by atoms with van der Waals surface area (Å²) >= 11 is 0. The molecule has 0 atom stereocenters. The van der Waals surface area contributed by atoms with Crippen LogP contribution in [-0.2, 0) is 17.8 Å². The second kappa shape index (κ2) is 6.88. The molecule has 0 aliphatic carbocycles. The van der Waals surface area contributed by atoms with Crippen molar-refractivity contribution in [3.8, 4) is 0 Å². The number of fused-ring (bicyclic) bond motifs is 1. The third kappa shape index (κ3) is 3.45. The van der Waals surface area contributed by atoms with Crippen molar-refractivity contribution in [2.45, 2.75) is 33.7 Å². The SMILES string of the molecule is Cc1noc(C)c1CCNC(=O)Cn1c(=O)c(C)nc2ccccc21. The van der Waals surface area contributed by atoms with E-state index in [2.05, 4.69) is 15.5 Å². The summed E-state index contributed by atoms with van der Waals surface area (Å²) in [5.41, 5.74) is 3.31. The molecule has 0 spiro atoms. The molecule has 0 aliphatic heterocycles. The number of aryl methyl sites for hydroxylation is 3. The summed E-state index contributed by atoms with van der Waals surface area (Å²) in [6, 6.07) is 7.30. The second-order valence-electron chi connectivity index (χ2n) is 5.98. The van der Waals surface area contributed by atoms with Crippen LogP contribution in [0.1, 0.15) is 22.7 Å². The zero-order valence-corrected chi connectivity index (χ0v) is 14.5. The summed E-state index contributed by atoms with van der Waals surface area (Å²) in [5, 5.41) is 6.74. The number of para-hydroxylation sites is 2. The first-order chi connectivity index (χ1) is 12.0. The van der Waals surface area contributed by atoms with Gasteiger partial charge in [-0.25, -0.2) is 4.98 Å². The topological polar surface area (TPSA) is 90.0 Å². The normalized spacial score (nSPS) is 11.0. The van der Waals surface area contributed by atoms with Gasteiger partial charge >= 0.3 is 0 Å². The number of aromatic nitrogens is 3. The maximum Gasteiger partial charge on any atom is 0.272 e. The molecule has 130 valence electrons. The molecule has 0 radical (unpaired) electrons. The van der Waals surface area contributed by atoms with E-state index in [0.717, 1.165) is 17.0 Å². The Morgan fingerprint density at radius 1 is 1.20 bits per heavy atom. The highest BCUT2D eigenvalue weighted by Gasteiger charge is 2.12. The number of rotatable bonds is 5. The fourth-order valence-corrected chi connectivity index (χ4v) is 2.86. The lowest BCUT2D eigenvalue weighted by Crippen LogP contribution is -2.34. The minimum Gasteiger partial charge on any atom is -0.361 e. The highest BCUT2D eigenvalue weighted by atomic mass is 16.5. The summed E-state index contributed by atoms with van der Waals surface area (Å²) in [6.07, 6.45) is 0.637. The van der Waals surface area contributed by atoms with Crippen molar-refractivity contribution in [3.05, 3.63) is 57.3 Å². The van der Waals surface area contributed by atoms with Gasteiger partial charge in [0.05, 0.1) is 16.7 Å². The number of nitrogens with zero attached hydrogens (tertiary/aromatic N) is 3. The molecule has 1 N–H and O–H groups in total. The lowest BCUT2D eigenvalue weighted by atomic mass is 10.1. The monoisotopic (exact) mass is 340 g/mol. The van der Waals surface area contributed by atoms with E-state index < -0.39 is 0 Å². The molecule has 1 aromatic carbocycles. The summed E-state index contributed by atoms with van der Waals surface area (Å²) in [5.74, 6) is 0.545. The van der Waals surface area contributed by atoms with Crippen LogP contribution in [0, 0.1) is 20.8 Å². The van der Waals surface area contributed by atoms with Crippen LogP contribution in [0.5, 0.6) is 0 Å². The maximum atomic E-state index is 12.4. The number of amides is 1. The Hall–Kier alpha value is -2.96. The molecule has 0 bridgehead atoms. The minimum atomic E-state index is -0.250. The predicted molar refractivity (Wildman–Crippen MR) is 93.4 cm³/mol. The predicted octanol–water partition coefficient (Wildman–Crippen LogP) is 1.67. The Kier molecular flexibility index (Phi) is 4.65. The average Bonchev–Trinajstić information content (AvgIpc) is 2.91. The van der Waals surface area contributed by atoms with Crippen LogP contribution < -0.4 is 10.9 Å². The Morgan fingerprint density at radius 3 is 2.68 bits per heavy atom. The summed E-state index contributed by atoms with van der Waals surface area (Å²) in [7, 11) is 0.